The van der Waals surface area contributed by atoms with E-state index in [1.807, 2.05) is 18.3 Å². The van der Waals surface area contributed by atoms with Crippen molar-refractivity contribution in [1.29, 1.82) is 0 Å². The summed E-state index contributed by atoms with van der Waals surface area (Å²) in [7, 11) is 0. The summed E-state index contributed by atoms with van der Waals surface area (Å²) in [6.07, 6.45) is 4.57. The molecule has 14 heavy (non-hydrogen) atoms. The highest BCUT2D eigenvalue weighted by Gasteiger charge is 1.89. The van der Waals surface area contributed by atoms with Gasteiger partial charge >= 0.3 is 0 Å². The number of thiocarbonyl (C=S) groups is 1. The van der Waals surface area contributed by atoms with Crippen LogP contribution in [0.1, 0.15) is 19.0 Å². The molecule has 4 nitrogen and oxygen atoms in total. The number of hydrogen-bond acceptors (Lipinski definition) is 2. The Kier molecular flexibility index (Phi) is 4.71. The van der Waals surface area contributed by atoms with E-state index >= 15 is 0 Å². The zero-order valence-electron chi connectivity index (χ0n) is 8.08. The number of nitrogens with one attached hydrogen (secondary N) is 3. The molecule has 1 aromatic heterocycles. The Hall–Kier alpha value is -1.36. The van der Waals surface area contributed by atoms with Crippen molar-refractivity contribution in [3.05, 3.63) is 24.0 Å². The molecule has 0 atom stereocenters. The van der Waals surface area contributed by atoms with Crippen LogP contribution < -0.4 is 10.7 Å². The van der Waals surface area contributed by atoms with Gasteiger partial charge in [0, 0.05) is 12.7 Å². The molecule has 0 radical (unpaired) electrons. The molecule has 0 amide bonds. The van der Waals surface area contributed by atoms with Crippen molar-refractivity contribution in [2.75, 3.05) is 6.54 Å². The Morgan fingerprint density at radius 3 is 3.21 bits per heavy atom. The van der Waals surface area contributed by atoms with Crippen LogP contribution >= 0.6 is 12.2 Å². The molecular formula is C9H14N4S. The smallest absolute Gasteiger partial charge is 0.186 e. The highest BCUT2D eigenvalue weighted by Crippen LogP contribution is 1.87. The molecule has 0 saturated carbocycles. The molecule has 1 heterocycles. The summed E-state index contributed by atoms with van der Waals surface area (Å²) in [5, 5.41) is 7.52. The van der Waals surface area contributed by atoms with E-state index in [1.54, 1.807) is 6.21 Å². The van der Waals surface area contributed by atoms with Gasteiger partial charge in [-0.3, -0.25) is 5.43 Å². The maximum absolute atomic E-state index is 4.97. The first kappa shape index (κ1) is 10.7. The maximum Gasteiger partial charge on any atom is 0.186 e. The third-order valence-electron chi connectivity index (χ3n) is 1.53. The van der Waals surface area contributed by atoms with Crippen LogP contribution in [-0.4, -0.2) is 22.9 Å². The molecule has 3 N–H and O–H groups in total. The van der Waals surface area contributed by atoms with Gasteiger partial charge in [-0.1, -0.05) is 6.92 Å². The number of rotatable bonds is 4. The zero-order valence-corrected chi connectivity index (χ0v) is 8.90. The monoisotopic (exact) mass is 210 g/mol. The molecule has 1 rings (SSSR count). The van der Waals surface area contributed by atoms with E-state index in [0.717, 1.165) is 18.7 Å². The van der Waals surface area contributed by atoms with Crippen molar-refractivity contribution in [2.45, 2.75) is 13.3 Å². The van der Waals surface area contributed by atoms with Crippen LogP contribution in [0.4, 0.5) is 0 Å². The molecule has 0 aliphatic carbocycles. The molecule has 0 unspecified atom stereocenters. The van der Waals surface area contributed by atoms with Crippen LogP contribution in [0.2, 0.25) is 0 Å². The number of aromatic amines is 1. The summed E-state index contributed by atoms with van der Waals surface area (Å²) >= 11 is 4.97. The third-order valence-corrected chi connectivity index (χ3v) is 1.76. The summed E-state index contributed by atoms with van der Waals surface area (Å²) in [5.41, 5.74) is 3.67. The number of nitrogens with zero attached hydrogens (tertiary/aromatic N) is 1. The summed E-state index contributed by atoms with van der Waals surface area (Å²) in [4.78, 5) is 3.00. The number of hydrazone groups is 1. The highest BCUT2D eigenvalue weighted by atomic mass is 32.1. The van der Waals surface area contributed by atoms with E-state index in [4.69, 9.17) is 12.2 Å². The first-order valence-electron chi connectivity index (χ1n) is 4.53. The van der Waals surface area contributed by atoms with E-state index in [9.17, 15) is 0 Å². The normalized spacial score (nSPS) is 10.4. The first-order chi connectivity index (χ1) is 6.83. The van der Waals surface area contributed by atoms with Crippen LogP contribution in [0.15, 0.2) is 23.4 Å². The second-order valence-corrected chi connectivity index (χ2v) is 3.16. The van der Waals surface area contributed by atoms with E-state index in [1.165, 1.54) is 0 Å². The quantitative estimate of drug-likeness (QED) is 0.398. The molecule has 76 valence electrons. The van der Waals surface area contributed by atoms with Crippen LogP contribution in [0.25, 0.3) is 0 Å². The Morgan fingerprint density at radius 1 is 1.71 bits per heavy atom. The third kappa shape index (κ3) is 4.04. The highest BCUT2D eigenvalue weighted by molar-refractivity contribution is 7.80. The minimum atomic E-state index is 0.551. The number of hydrogen-bond donors (Lipinski definition) is 3. The van der Waals surface area contributed by atoms with E-state index in [2.05, 4.69) is 27.8 Å². The van der Waals surface area contributed by atoms with Crippen LogP contribution in [0.5, 0.6) is 0 Å². The SMILES string of the molecule is CCCNC(=S)N/N=C\c1ccc[nH]1. The predicted octanol–water partition coefficient (Wildman–Crippen LogP) is 1.22. The summed E-state index contributed by atoms with van der Waals surface area (Å²) in [6.45, 7) is 2.95. The Bertz CT molecular complexity index is 292. The molecule has 0 saturated heterocycles. The van der Waals surface area contributed by atoms with Crippen LogP contribution in [0, 0.1) is 0 Å². The largest absolute Gasteiger partial charge is 0.361 e. The van der Waals surface area contributed by atoms with E-state index in [-0.39, 0.29) is 0 Å². The van der Waals surface area contributed by atoms with Crippen LogP contribution in [0.3, 0.4) is 0 Å². The van der Waals surface area contributed by atoms with Gasteiger partial charge in [0.05, 0.1) is 11.9 Å². The van der Waals surface area contributed by atoms with Crippen molar-refractivity contribution in [2.24, 2.45) is 5.10 Å². The second-order valence-electron chi connectivity index (χ2n) is 2.75. The molecular weight excluding hydrogens is 196 g/mol. The number of aromatic nitrogens is 1. The van der Waals surface area contributed by atoms with Gasteiger partial charge in [0.2, 0.25) is 0 Å². The van der Waals surface area contributed by atoms with Crippen molar-refractivity contribution in [3.63, 3.8) is 0 Å². The average molecular weight is 210 g/mol. The van der Waals surface area contributed by atoms with Gasteiger partial charge in [-0.05, 0) is 30.8 Å². The lowest BCUT2D eigenvalue weighted by molar-refractivity contribution is 0.817. The lowest BCUT2D eigenvalue weighted by Crippen LogP contribution is -2.32. The molecule has 0 spiro atoms. The molecule has 5 heteroatoms. The fraction of sp³-hybridized carbons (Fsp3) is 0.333. The molecule has 1 aromatic rings. The summed E-state index contributed by atoms with van der Waals surface area (Å²) in [6, 6.07) is 3.84. The molecule has 0 aromatic carbocycles. The Labute approximate surface area is 88.8 Å². The number of H-pyrrole nitrogens is 1. The van der Waals surface area contributed by atoms with Gasteiger partial charge in [-0.15, -0.1) is 0 Å². The molecule has 0 aliphatic rings. The summed E-state index contributed by atoms with van der Waals surface area (Å²) in [5.74, 6) is 0. The van der Waals surface area contributed by atoms with Crippen molar-refractivity contribution >= 4 is 23.5 Å². The lowest BCUT2D eigenvalue weighted by Gasteiger charge is -2.03. The predicted molar refractivity (Wildman–Crippen MR) is 62.4 cm³/mol. The van der Waals surface area contributed by atoms with E-state index < -0.39 is 0 Å². The fourth-order valence-electron chi connectivity index (χ4n) is 0.863. The van der Waals surface area contributed by atoms with Crippen LogP contribution in [-0.2, 0) is 0 Å². The standard InChI is InChI=1S/C9H14N4S/c1-2-5-11-9(14)13-12-7-8-4-3-6-10-8/h3-4,6-7,10H,2,5H2,1H3,(H2,11,13,14)/b12-7-. The van der Waals surface area contributed by atoms with Gasteiger partial charge < -0.3 is 10.3 Å². The average Bonchev–Trinajstić information content (AvgIpc) is 2.67. The van der Waals surface area contributed by atoms with Gasteiger partial charge in [0.1, 0.15) is 0 Å². The van der Waals surface area contributed by atoms with Gasteiger partial charge in [-0.25, -0.2) is 0 Å². The van der Waals surface area contributed by atoms with E-state index in [0.29, 0.717) is 5.11 Å². The molecule has 0 fully saturated rings. The van der Waals surface area contributed by atoms with Crippen molar-refractivity contribution in [3.8, 4) is 0 Å². The Balaban J connectivity index is 2.23. The second kappa shape index (κ2) is 6.15. The zero-order chi connectivity index (χ0) is 10.2. The minimum Gasteiger partial charge on any atom is -0.361 e. The summed E-state index contributed by atoms with van der Waals surface area (Å²) < 4.78 is 0. The lowest BCUT2D eigenvalue weighted by atomic mass is 10.5. The van der Waals surface area contributed by atoms with Gasteiger partial charge in [0.15, 0.2) is 5.11 Å². The minimum absolute atomic E-state index is 0.551. The van der Waals surface area contributed by atoms with Gasteiger partial charge in [0.25, 0.3) is 0 Å². The fourth-order valence-corrected chi connectivity index (χ4v) is 1.02. The van der Waals surface area contributed by atoms with Crippen molar-refractivity contribution < 1.29 is 0 Å². The van der Waals surface area contributed by atoms with Gasteiger partial charge in [-0.2, -0.15) is 5.10 Å². The first-order valence-corrected chi connectivity index (χ1v) is 4.94. The maximum atomic E-state index is 4.97. The topological polar surface area (TPSA) is 52.2 Å². The molecule has 0 bridgehead atoms. The van der Waals surface area contributed by atoms with Crippen molar-refractivity contribution in [1.82, 2.24) is 15.7 Å². The Morgan fingerprint density at radius 2 is 2.57 bits per heavy atom. The molecule has 0 aliphatic heterocycles.